The number of rotatable bonds is 4. The van der Waals surface area contributed by atoms with Gasteiger partial charge in [0.1, 0.15) is 11.6 Å². The van der Waals surface area contributed by atoms with Gasteiger partial charge in [-0.15, -0.1) is 0 Å². The highest BCUT2D eigenvalue weighted by molar-refractivity contribution is 5.73. The summed E-state index contributed by atoms with van der Waals surface area (Å²) in [5.74, 6) is 1.75. The number of carbonyl (C=O) groups is 1. The third kappa shape index (κ3) is 3.91. The topological polar surface area (TPSA) is 67.4 Å². The molecule has 1 fully saturated rings. The number of morpholine rings is 1. The number of ether oxygens (including phenoxy) is 1. The molecule has 1 amide bonds. The van der Waals surface area contributed by atoms with E-state index < -0.39 is 0 Å². The molecule has 0 aliphatic carbocycles. The molecule has 0 bridgehead atoms. The molecule has 1 unspecified atom stereocenters. The van der Waals surface area contributed by atoms with Gasteiger partial charge in [-0.1, -0.05) is 6.92 Å². The first-order valence-electron chi connectivity index (χ1n) is 7.46. The van der Waals surface area contributed by atoms with Crippen molar-refractivity contribution in [2.45, 2.75) is 40.2 Å². The Labute approximate surface area is 125 Å². The molecule has 0 saturated carbocycles. The summed E-state index contributed by atoms with van der Waals surface area (Å²) in [5, 5.41) is 3.36. The maximum atomic E-state index is 11.4. The van der Waals surface area contributed by atoms with E-state index in [9.17, 15) is 4.79 Å². The van der Waals surface area contributed by atoms with E-state index in [1.165, 1.54) is 0 Å². The summed E-state index contributed by atoms with van der Waals surface area (Å²) in [5.41, 5.74) is 2.15. The highest BCUT2D eigenvalue weighted by Crippen LogP contribution is 2.17. The average Bonchev–Trinajstić information content (AvgIpc) is 2.45. The molecule has 1 N–H and O–H groups in total. The number of carbonyl (C=O) groups excluding carboxylic acids is 1. The summed E-state index contributed by atoms with van der Waals surface area (Å²) in [6.07, 6.45) is 0.891. The normalized spacial score (nSPS) is 18.7. The molecule has 2 heterocycles. The molecule has 0 radical (unpaired) electrons. The Morgan fingerprint density at radius 3 is 2.86 bits per heavy atom. The van der Waals surface area contributed by atoms with E-state index in [1.54, 1.807) is 6.92 Å². The molecule has 21 heavy (non-hydrogen) atoms. The Bertz CT molecular complexity index is 519. The van der Waals surface area contributed by atoms with Crippen LogP contribution in [0.5, 0.6) is 0 Å². The molecule has 116 valence electrons. The van der Waals surface area contributed by atoms with Crippen LogP contribution in [0.1, 0.15) is 30.9 Å². The highest BCUT2D eigenvalue weighted by atomic mass is 16.5. The van der Waals surface area contributed by atoms with Crippen LogP contribution < -0.4 is 5.32 Å². The van der Waals surface area contributed by atoms with Gasteiger partial charge in [0, 0.05) is 37.8 Å². The Kier molecular flexibility index (Phi) is 5.12. The van der Waals surface area contributed by atoms with Crippen LogP contribution in [0.3, 0.4) is 0 Å². The van der Waals surface area contributed by atoms with Gasteiger partial charge in [-0.2, -0.15) is 0 Å². The molecule has 1 aromatic rings. The quantitative estimate of drug-likeness (QED) is 0.906. The fraction of sp³-hybridized carbons (Fsp3) is 0.667. The molecular formula is C15H24N4O2. The van der Waals surface area contributed by atoms with Crippen molar-refractivity contribution in [3.8, 4) is 0 Å². The first-order valence-corrected chi connectivity index (χ1v) is 7.46. The minimum atomic E-state index is 0.00272. The first-order chi connectivity index (χ1) is 10.0. The Morgan fingerprint density at radius 1 is 1.43 bits per heavy atom. The highest BCUT2D eigenvalue weighted by Gasteiger charge is 2.22. The van der Waals surface area contributed by atoms with Crippen LogP contribution in [0.4, 0.5) is 5.82 Å². The zero-order chi connectivity index (χ0) is 15.4. The third-order valence-electron chi connectivity index (χ3n) is 3.76. The first kappa shape index (κ1) is 15.7. The molecule has 1 aliphatic heterocycles. The fourth-order valence-electron chi connectivity index (χ4n) is 2.64. The van der Waals surface area contributed by atoms with Gasteiger partial charge in [0.15, 0.2) is 0 Å². The van der Waals surface area contributed by atoms with E-state index in [0.717, 1.165) is 29.3 Å². The van der Waals surface area contributed by atoms with E-state index >= 15 is 0 Å². The van der Waals surface area contributed by atoms with Crippen LogP contribution in [0.2, 0.25) is 0 Å². The lowest BCUT2D eigenvalue weighted by Crippen LogP contribution is -2.47. The van der Waals surface area contributed by atoms with Crippen LogP contribution in [-0.2, 0) is 16.0 Å². The van der Waals surface area contributed by atoms with Crippen molar-refractivity contribution in [2.75, 3.05) is 31.6 Å². The maximum Gasteiger partial charge on any atom is 0.219 e. The van der Waals surface area contributed by atoms with Gasteiger partial charge in [-0.05, 0) is 20.3 Å². The second-order valence-electron chi connectivity index (χ2n) is 5.38. The third-order valence-corrected chi connectivity index (χ3v) is 3.76. The summed E-state index contributed by atoms with van der Waals surface area (Å²) in [6, 6.07) is 0. The zero-order valence-electron chi connectivity index (χ0n) is 13.3. The second-order valence-corrected chi connectivity index (χ2v) is 5.38. The molecule has 1 aliphatic rings. The molecule has 1 aromatic heterocycles. The summed E-state index contributed by atoms with van der Waals surface area (Å²) in [4.78, 5) is 22.1. The average molecular weight is 292 g/mol. The lowest BCUT2D eigenvalue weighted by atomic mass is 10.1. The number of aromatic nitrogens is 2. The largest absolute Gasteiger partial charge is 0.373 e. The predicted molar refractivity (Wildman–Crippen MR) is 81.4 cm³/mol. The van der Waals surface area contributed by atoms with Gasteiger partial charge >= 0.3 is 0 Å². The molecule has 2 rings (SSSR count). The van der Waals surface area contributed by atoms with Gasteiger partial charge in [-0.25, -0.2) is 9.97 Å². The second kappa shape index (κ2) is 6.85. The molecule has 1 atom stereocenters. The Hall–Kier alpha value is -1.69. The lowest BCUT2D eigenvalue weighted by molar-refractivity contribution is -0.135. The number of amides is 1. The Morgan fingerprint density at radius 2 is 2.19 bits per heavy atom. The number of nitrogens with one attached hydrogen (secondary N) is 1. The molecular weight excluding hydrogens is 268 g/mol. The summed E-state index contributed by atoms with van der Waals surface area (Å²) >= 11 is 0. The smallest absolute Gasteiger partial charge is 0.219 e. The van der Waals surface area contributed by atoms with Crippen molar-refractivity contribution in [3.05, 3.63) is 17.1 Å². The van der Waals surface area contributed by atoms with E-state index in [4.69, 9.17) is 4.74 Å². The van der Waals surface area contributed by atoms with Crippen molar-refractivity contribution in [1.82, 2.24) is 14.9 Å². The van der Waals surface area contributed by atoms with Gasteiger partial charge in [0.25, 0.3) is 0 Å². The van der Waals surface area contributed by atoms with E-state index in [1.807, 2.05) is 18.7 Å². The van der Waals surface area contributed by atoms with Crippen molar-refractivity contribution >= 4 is 11.7 Å². The van der Waals surface area contributed by atoms with Gasteiger partial charge in [0.05, 0.1) is 12.7 Å². The summed E-state index contributed by atoms with van der Waals surface area (Å²) in [6.45, 7) is 10.1. The number of nitrogens with zero attached hydrogens (tertiary/aromatic N) is 3. The SMILES string of the molecule is CCc1c(C)nc(C)nc1NCC1CN(C(C)=O)CCO1. The van der Waals surface area contributed by atoms with Crippen LogP contribution >= 0.6 is 0 Å². The van der Waals surface area contributed by atoms with Gasteiger partial charge in [0.2, 0.25) is 5.91 Å². The van der Waals surface area contributed by atoms with Crippen LogP contribution in [0.15, 0.2) is 0 Å². The molecule has 1 saturated heterocycles. The van der Waals surface area contributed by atoms with Crippen molar-refractivity contribution < 1.29 is 9.53 Å². The minimum Gasteiger partial charge on any atom is -0.373 e. The number of hydrogen-bond donors (Lipinski definition) is 1. The van der Waals surface area contributed by atoms with Crippen molar-refractivity contribution in [3.63, 3.8) is 0 Å². The number of hydrogen-bond acceptors (Lipinski definition) is 5. The van der Waals surface area contributed by atoms with E-state index in [2.05, 4.69) is 22.2 Å². The maximum absolute atomic E-state index is 11.4. The molecule has 6 nitrogen and oxygen atoms in total. The molecule has 0 spiro atoms. The van der Waals surface area contributed by atoms with E-state index in [-0.39, 0.29) is 12.0 Å². The number of anilines is 1. The van der Waals surface area contributed by atoms with Crippen LogP contribution in [-0.4, -0.2) is 53.1 Å². The zero-order valence-corrected chi connectivity index (χ0v) is 13.3. The van der Waals surface area contributed by atoms with E-state index in [0.29, 0.717) is 26.2 Å². The summed E-state index contributed by atoms with van der Waals surface area (Å²) in [7, 11) is 0. The van der Waals surface area contributed by atoms with Gasteiger partial charge < -0.3 is 15.0 Å². The monoisotopic (exact) mass is 292 g/mol. The molecule has 6 heteroatoms. The van der Waals surface area contributed by atoms with Crippen LogP contribution in [0.25, 0.3) is 0 Å². The Balaban J connectivity index is 2.01. The fourth-order valence-corrected chi connectivity index (χ4v) is 2.64. The molecule has 0 aromatic carbocycles. The number of aryl methyl sites for hydroxylation is 2. The lowest BCUT2D eigenvalue weighted by Gasteiger charge is -2.32. The minimum absolute atomic E-state index is 0.00272. The predicted octanol–water partition coefficient (Wildman–Crippen LogP) is 1.32. The van der Waals surface area contributed by atoms with Crippen molar-refractivity contribution in [2.24, 2.45) is 0 Å². The summed E-state index contributed by atoms with van der Waals surface area (Å²) < 4.78 is 5.71. The van der Waals surface area contributed by atoms with Gasteiger partial charge in [-0.3, -0.25) is 4.79 Å². The standard InChI is InChI=1S/C15H24N4O2/c1-5-14-10(2)17-11(3)18-15(14)16-8-13-9-19(12(4)20)6-7-21-13/h13H,5-9H2,1-4H3,(H,16,17,18). The van der Waals surface area contributed by atoms with Crippen molar-refractivity contribution in [1.29, 1.82) is 0 Å². The van der Waals surface area contributed by atoms with Crippen LogP contribution in [0, 0.1) is 13.8 Å².